The summed E-state index contributed by atoms with van der Waals surface area (Å²) in [6.07, 6.45) is 4.29. The number of amides is 1. The maximum absolute atomic E-state index is 12.9. The lowest BCUT2D eigenvalue weighted by Gasteiger charge is -2.20. The molecule has 0 aliphatic rings. The molecule has 0 aliphatic heterocycles. The fourth-order valence-electron chi connectivity index (χ4n) is 2.40. The number of esters is 1. The number of nitrogens with one attached hydrogen (secondary N) is 1. The predicted molar refractivity (Wildman–Crippen MR) is 113 cm³/mol. The predicted octanol–water partition coefficient (Wildman–Crippen LogP) is 5.18. The summed E-state index contributed by atoms with van der Waals surface area (Å²) in [7, 11) is 0. The van der Waals surface area contributed by atoms with E-state index in [1.54, 1.807) is 26.2 Å². The average Bonchev–Trinajstić information content (AvgIpc) is 3.05. The number of carbonyl (C=O) groups excluding carboxylic acids is 2. The summed E-state index contributed by atoms with van der Waals surface area (Å²) in [5.41, 5.74) is 1.05. The summed E-state index contributed by atoms with van der Waals surface area (Å²) in [6.45, 7) is 5.40. The Kier molecular flexibility index (Phi) is 5.90. The fourth-order valence-corrected chi connectivity index (χ4v) is 3.66. The van der Waals surface area contributed by atoms with Gasteiger partial charge in [-0.1, -0.05) is 28.1 Å². The molecule has 144 valence electrons. The van der Waals surface area contributed by atoms with Crippen LogP contribution >= 0.6 is 27.3 Å². The highest BCUT2D eigenvalue weighted by molar-refractivity contribution is 9.10. The molecule has 3 aromatic rings. The second-order valence-electron chi connectivity index (χ2n) is 6.91. The molecule has 28 heavy (non-hydrogen) atoms. The van der Waals surface area contributed by atoms with Gasteiger partial charge in [-0.05, 0) is 38.5 Å². The van der Waals surface area contributed by atoms with Crippen molar-refractivity contribution in [2.24, 2.45) is 0 Å². The van der Waals surface area contributed by atoms with Crippen molar-refractivity contribution in [3.63, 3.8) is 0 Å². The molecule has 0 saturated heterocycles. The van der Waals surface area contributed by atoms with Gasteiger partial charge in [0.15, 0.2) is 0 Å². The lowest BCUT2D eigenvalue weighted by atomic mass is 10.1. The van der Waals surface area contributed by atoms with Crippen molar-refractivity contribution in [2.45, 2.75) is 26.4 Å². The molecule has 1 aromatic carbocycles. The van der Waals surface area contributed by atoms with Crippen LogP contribution in [-0.4, -0.2) is 27.4 Å². The maximum atomic E-state index is 12.9. The maximum Gasteiger partial charge on any atom is 0.342 e. The molecule has 8 heteroatoms. The molecule has 0 atom stereocenters. The molecule has 2 aromatic heterocycles. The number of ether oxygens (including phenoxy) is 1. The summed E-state index contributed by atoms with van der Waals surface area (Å²) < 4.78 is 6.51. The van der Waals surface area contributed by atoms with Crippen molar-refractivity contribution >= 4 is 44.8 Å². The summed E-state index contributed by atoms with van der Waals surface area (Å²) >= 11 is 4.77. The molecule has 2 heterocycles. The Hall–Kier alpha value is -2.58. The fraction of sp³-hybridized carbons (Fsp3) is 0.200. The first-order chi connectivity index (χ1) is 13.2. The van der Waals surface area contributed by atoms with E-state index in [9.17, 15) is 9.59 Å². The van der Waals surface area contributed by atoms with Gasteiger partial charge >= 0.3 is 5.97 Å². The molecule has 0 bridgehead atoms. The van der Waals surface area contributed by atoms with Crippen molar-refractivity contribution in [2.75, 3.05) is 5.32 Å². The Bertz CT molecular complexity index is 996. The van der Waals surface area contributed by atoms with Gasteiger partial charge in [0.2, 0.25) is 0 Å². The van der Waals surface area contributed by atoms with E-state index in [0.29, 0.717) is 11.3 Å². The highest BCUT2D eigenvalue weighted by atomic mass is 79.9. The lowest BCUT2D eigenvalue weighted by molar-refractivity contribution is 0.00722. The first-order valence-electron chi connectivity index (χ1n) is 8.43. The SMILES string of the molecule is CC(C)(C)OC(=O)c1c(NC(=O)c2cnccn2)csc1-c1ccc(Br)cc1. The van der Waals surface area contributed by atoms with Crippen LogP contribution in [0.15, 0.2) is 52.7 Å². The van der Waals surface area contributed by atoms with Crippen molar-refractivity contribution in [1.29, 1.82) is 0 Å². The highest BCUT2D eigenvalue weighted by Crippen LogP contribution is 2.38. The van der Waals surface area contributed by atoms with Crippen molar-refractivity contribution in [3.05, 3.63) is 64.0 Å². The monoisotopic (exact) mass is 459 g/mol. The number of rotatable bonds is 4. The molecular formula is C20H18BrN3O3S. The van der Waals surface area contributed by atoms with Crippen LogP contribution in [0.3, 0.4) is 0 Å². The van der Waals surface area contributed by atoms with Crippen LogP contribution in [0, 0.1) is 0 Å². The molecule has 0 radical (unpaired) electrons. The average molecular weight is 460 g/mol. The number of aromatic nitrogens is 2. The molecule has 0 unspecified atom stereocenters. The van der Waals surface area contributed by atoms with Crippen LogP contribution in [0.4, 0.5) is 5.69 Å². The molecule has 0 fully saturated rings. The van der Waals surface area contributed by atoms with Gasteiger partial charge in [-0.3, -0.25) is 9.78 Å². The molecule has 6 nitrogen and oxygen atoms in total. The summed E-state index contributed by atoms with van der Waals surface area (Å²) in [5.74, 6) is -0.945. The molecule has 3 rings (SSSR count). The van der Waals surface area contributed by atoms with Crippen LogP contribution in [0.25, 0.3) is 10.4 Å². The number of halogens is 1. The molecule has 0 aliphatic carbocycles. The van der Waals surface area contributed by atoms with Gasteiger partial charge in [0.05, 0.1) is 16.8 Å². The highest BCUT2D eigenvalue weighted by Gasteiger charge is 2.27. The third-order valence-electron chi connectivity index (χ3n) is 3.54. The Labute approximate surface area is 175 Å². The van der Waals surface area contributed by atoms with Crippen LogP contribution in [0.5, 0.6) is 0 Å². The second-order valence-corrected chi connectivity index (χ2v) is 8.70. The summed E-state index contributed by atoms with van der Waals surface area (Å²) in [6, 6.07) is 7.59. The van der Waals surface area contributed by atoms with Gasteiger partial charge in [-0.2, -0.15) is 0 Å². The number of hydrogen-bond acceptors (Lipinski definition) is 6. The van der Waals surface area contributed by atoms with Gasteiger partial charge in [-0.15, -0.1) is 11.3 Å². The topological polar surface area (TPSA) is 81.2 Å². The van der Waals surface area contributed by atoms with Crippen molar-refractivity contribution in [1.82, 2.24) is 9.97 Å². The minimum atomic E-state index is -0.664. The minimum absolute atomic E-state index is 0.161. The van der Waals surface area contributed by atoms with Gasteiger partial charge in [-0.25, -0.2) is 9.78 Å². The molecular weight excluding hydrogens is 442 g/mol. The zero-order chi connectivity index (χ0) is 20.3. The van der Waals surface area contributed by atoms with Crippen molar-refractivity contribution < 1.29 is 14.3 Å². The summed E-state index contributed by atoms with van der Waals surface area (Å²) in [4.78, 5) is 34.0. The van der Waals surface area contributed by atoms with E-state index in [1.807, 2.05) is 24.3 Å². The third-order valence-corrected chi connectivity index (χ3v) is 5.10. The van der Waals surface area contributed by atoms with Gasteiger partial charge in [0.25, 0.3) is 5.91 Å². The smallest absolute Gasteiger partial charge is 0.342 e. The van der Waals surface area contributed by atoms with E-state index in [4.69, 9.17) is 4.74 Å². The normalized spacial score (nSPS) is 11.1. The Morgan fingerprint density at radius 1 is 1.14 bits per heavy atom. The van der Waals surface area contributed by atoms with E-state index in [-0.39, 0.29) is 5.69 Å². The molecule has 1 N–H and O–H groups in total. The van der Waals surface area contributed by atoms with Crippen LogP contribution in [-0.2, 0) is 4.74 Å². The molecule has 0 saturated carbocycles. The number of hydrogen-bond donors (Lipinski definition) is 1. The first kappa shape index (κ1) is 20.2. The number of carbonyl (C=O) groups is 2. The van der Waals surface area contributed by atoms with Gasteiger partial charge in [0, 0.05) is 22.2 Å². The van der Waals surface area contributed by atoms with Crippen LogP contribution in [0.1, 0.15) is 41.6 Å². The minimum Gasteiger partial charge on any atom is -0.456 e. The second kappa shape index (κ2) is 8.20. The number of benzene rings is 1. The number of anilines is 1. The molecule has 0 spiro atoms. The standard InChI is InChI=1S/C20H18BrN3O3S/c1-20(2,3)27-19(26)16-15(24-18(25)14-10-22-8-9-23-14)11-28-17(16)12-4-6-13(21)7-5-12/h4-11H,1-3H3,(H,24,25). The van der Waals surface area contributed by atoms with E-state index in [1.165, 1.54) is 29.9 Å². The van der Waals surface area contributed by atoms with Gasteiger partial charge in [0.1, 0.15) is 16.9 Å². The van der Waals surface area contributed by atoms with E-state index >= 15 is 0 Å². The largest absolute Gasteiger partial charge is 0.456 e. The van der Waals surface area contributed by atoms with E-state index in [2.05, 4.69) is 31.2 Å². The molecule has 1 amide bonds. The quantitative estimate of drug-likeness (QED) is 0.543. The zero-order valence-electron chi connectivity index (χ0n) is 15.5. The Morgan fingerprint density at radius 2 is 1.86 bits per heavy atom. The van der Waals surface area contributed by atoms with Gasteiger partial charge < -0.3 is 10.1 Å². The summed E-state index contributed by atoms with van der Waals surface area (Å²) in [5, 5.41) is 4.48. The third kappa shape index (κ3) is 4.82. The Balaban J connectivity index is 2.01. The van der Waals surface area contributed by atoms with Crippen LogP contribution in [0.2, 0.25) is 0 Å². The zero-order valence-corrected chi connectivity index (χ0v) is 17.9. The number of nitrogens with zero attached hydrogens (tertiary/aromatic N) is 2. The Morgan fingerprint density at radius 3 is 2.46 bits per heavy atom. The van der Waals surface area contributed by atoms with E-state index in [0.717, 1.165) is 14.9 Å². The van der Waals surface area contributed by atoms with Crippen LogP contribution < -0.4 is 5.32 Å². The number of thiophene rings is 1. The van der Waals surface area contributed by atoms with E-state index < -0.39 is 17.5 Å². The van der Waals surface area contributed by atoms with Crippen molar-refractivity contribution in [3.8, 4) is 10.4 Å². The lowest BCUT2D eigenvalue weighted by Crippen LogP contribution is -2.25. The first-order valence-corrected chi connectivity index (χ1v) is 10.1.